The second-order valence-electron chi connectivity index (χ2n) is 5.52. The van der Waals surface area contributed by atoms with Gasteiger partial charge in [-0.1, -0.05) is 54.9 Å². The van der Waals surface area contributed by atoms with Crippen LogP contribution in [0.3, 0.4) is 0 Å². The average molecular weight is 332 g/mol. The Hall–Kier alpha value is -2.00. The van der Waals surface area contributed by atoms with Gasteiger partial charge in [0, 0.05) is 0 Å². The zero-order valence-corrected chi connectivity index (χ0v) is 14.4. The number of rotatable bonds is 6. The minimum absolute atomic E-state index is 0.0781. The van der Waals surface area contributed by atoms with Gasteiger partial charge in [-0.05, 0) is 43.5 Å². The third-order valence-electron chi connectivity index (χ3n) is 3.76. The normalized spacial score (nSPS) is 13.2. The highest BCUT2D eigenvalue weighted by Crippen LogP contribution is 2.24. The Bertz CT molecular complexity index is 655. The second-order valence-corrected chi connectivity index (χ2v) is 5.92. The van der Waals surface area contributed by atoms with Gasteiger partial charge in [-0.2, -0.15) is 0 Å². The molecular weight excluding hydrogens is 310 g/mol. The lowest BCUT2D eigenvalue weighted by Crippen LogP contribution is -2.37. The van der Waals surface area contributed by atoms with Gasteiger partial charge in [0.2, 0.25) is 0 Å². The molecule has 0 heterocycles. The first-order chi connectivity index (χ1) is 11.0. The summed E-state index contributed by atoms with van der Waals surface area (Å²) in [6, 6.07) is 15.3. The molecule has 122 valence electrons. The number of hydrogen-bond acceptors (Lipinski definition) is 2. The summed E-state index contributed by atoms with van der Waals surface area (Å²) in [5.41, 5.74) is 2.35. The van der Waals surface area contributed by atoms with Crippen molar-refractivity contribution in [3.05, 3.63) is 64.7 Å². The number of hydrogen-bond donors (Lipinski definition) is 1. The molecule has 0 bridgehead atoms. The van der Waals surface area contributed by atoms with Crippen molar-refractivity contribution in [1.29, 1.82) is 0 Å². The molecule has 2 rings (SSSR count). The molecule has 3 nitrogen and oxygen atoms in total. The largest absolute Gasteiger partial charge is 0.479 e. The number of aryl methyl sites for hydroxylation is 1. The van der Waals surface area contributed by atoms with Crippen molar-refractivity contribution in [2.45, 2.75) is 39.3 Å². The van der Waals surface area contributed by atoms with E-state index in [1.165, 1.54) is 5.56 Å². The van der Waals surface area contributed by atoms with Crippen LogP contribution in [0.1, 0.15) is 37.9 Å². The predicted octanol–water partition coefficient (Wildman–Crippen LogP) is 4.55. The number of carbonyl (C=O) groups excluding carboxylic acids is 1. The SMILES string of the molecule is CCc1ccc(C(C)NC(=O)C(C)Oc2ccccc2Cl)cc1. The van der Waals surface area contributed by atoms with E-state index in [1.807, 2.05) is 31.2 Å². The van der Waals surface area contributed by atoms with Crippen LogP contribution in [0.25, 0.3) is 0 Å². The molecule has 0 saturated heterocycles. The fourth-order valence-corrected chi connectivity index (χ4v) is 2.42. The first-order valence-corrected chi connectivity index (χ1v) is 8.19. The summed E-state index contributed by atoms with van der Waals surface area (Å²) in [6.45, 7) is 5.79. The molecule has 1 N–H and O–H groups in total. The highest BCUT2D eigenvalue weighted by Gasteiger charge is 2.18. The number of para-hydroxylation sites is 1. The molecule has 0 saturated carbocycles. The van der Waals surface area contributed by atoms with E-state index in [2.05, 4.69) is 24.4 Å². The topological polar surface area (TPSA) is 38.3 Å². The van der Waals surface area contributed by atoms with Gasteiger partial charge in [0.15, 0.2) is 6.10 Å². The van der Waals surface area contributed by atoms with Crippen molar-refractivity contribution in [2.24, 2.45) is 0 Å². The Labute approximate surface area is 142 Å². The van der Waals surface area contributed by atoms with Gasteiger partial charge in [0.05, 0.1) is 11.1 Å². The van der Waals surface area contributed by atoms with Crippen LogP contribution in [0, 0.1) is 0 Å². The highest BCUT2D eigenvalue weighted by molar-refractivity contribution is 6.32. The van der Waals surface area contributed by atoms with Gasteiger partial charge < -0.3 is 10.1 Å². The summed E-state index contributed by atoms with van der Waals surface area (Å²) in [5, 5.41) is 3.46. The third-order valence-corrected chi connectivity index (χ3v) is 4.07. The lowest BCUT2D eigenvalue weighted by Gasteiger charge is -2.19. The molecule has 1 amide bonds. The lowest BCUT2D eigenvalue weighted by atomic mass is 10.0. The van der Waals surface area contributed by atoms with Gasteiger partial charge in [-0.25, -0.2) is 0 Å². The maximum Gasteiger partial charge on any atom is 0.261 e. The third kappa shape index (κ3) is 4.73. The van der Waals surface area contributed by atoms with E-state index in [0.29, 0.717) is 10.8 Å². The predicted molar refractivity (Wildman–Crippen MR) is 93.9 cm³/mol. The smallest absolute Gasteiger partial charge is 0.261 e. The summed E-state index contributed by atoms with van der Waals surface area (Å²) in [6.07, 6.45) is 0.385. The minimum atomic E-state index is -0.618. The summed E-state index contributed by atoms with van der Waals surface area (Å²) in [4.78, 5) is 12.3. The maximum atomic E-state index is 12.3. The second kappa shape index (κ2) is 8.02. The van der Waals surface area contributed by atoms with Crippen LogP contribution in [0.4, 0.5) is 0 Å². The van der Waals surface area contributed by atoms with Gasteiger partial charge in [-0.15, -0.1) is 0 Å². The summed E-state index contributed by atoms with van der Waals surface area (Å²) >= 11 is 6.05. The molecule has 2 aromatic rings. The molecule has 0 aliphatic rings. The molecule has 2 unspecified atom stereocenters. The molecular formula is C19H22ClNO2. The van der Waals surface area contributed by atoms with Gasteiger partial charge in [0.1, 0.15) is 5.75 Å². The van der Waals surface area contributed by atoms with E-state index in [-0.39, 0.29) is 11.9 Å². The lowest BCUT2D eigenvalue weighted by molar-refractivity contribution is -0.127. The van der Waals surface area contributed by atoms with Crippen LogP contribution in [0.15, 0.2) is 48.5 Å². The molecule has 0 fully saturated rings. The number of nitrogens with one attached hydrogen (secondary N) is 1. The van der Waals surface area contributed by atoms with E-state index in [1.54, 1.807) is 19.1 Å². The van der Waals surface area contributed by atoms with Crippen molar-refractivity contribution >= 4 is 17.5 Å². The Morgan fingerprint density at radius 1 is 1.13 bits per heavy atom. The fourth-order valence-electron chi connectivity index (χ4n) is 2.24. The highest BCUT2D eigenvalue weighted by atomic mass is 35.5. The Morgan fingerprint density at radius 3 is 2.39 bits per heavy atom. The molecule has 2 atom stereocenters. The quantitative estimate of drug-likeness (QED) is 0.843. The monoisotopic (exact) mass is 331 g/mol. The van der Waals surface area contributed by atoms with E-state index in [0.717, 1.165) is 12.0 Å². The molecule has 0 aliphatic carbocycles. The first kappa shape index (κ1) is 17.4. The molecule has 0 spiro atoms. The zero-order valence-electron chi connectivity index (χ0n) is 13.7. The van der Waals surface area contributed by atoms with Crippen LogP contribution in [-0.4, -0.2) is 12.0 Å². The molecule has 0 aliphatic heterocycles. The maximum absolute atomic E-state index is 12.3. The van der Waals surface area contributed by atoms with Gasteiger partial charge >= 0.3 is 0 Å². The van der Waals surface area contributed by atoms with Crippen molar-refractivity contribution < 1.29 is 9.53 Å². The van der Waals surface area contributed by atoms with Crippen LogP contribution in [0.2, 0.25) is 5.02 Å². The Kier molecular flexibility index (Phi) is 6.05. The van der Waals surface area contributed by atoms with Crippen LogP contribution in [0.5, 0.6) is 5.75 Å². The standard InChI is InChI=1S/C19H22ClNO2/c1-4-15-9-11-16(12-10-15)13(2)21-19(22)14(3)23-18-8-6-5-7-17(18)20/h5-14H,4H2,1-3H3,(H,21,22). The van der Waals surface area contributed by atoms with E-state index in [4.69, 9.17) is 16.3 Å². The van der Waals surface area contributed by atoms with Gasteiger partial charge in [-0.3, -0.25) is 4.79 Å². The van der Waals surface area contributed by atoms with Crippen molar-refractivity contribution in [1.82, 2.24) is 5.32 Å². The number of benzene rings is 2. The summed E-state index contributed by atoms with van der Waals surface area (Å²) in [7, 11) is 0. The number of carbonyl (C=O) groups is 1. The van der Waals surface area contributed by atoms with Crippen molar-refractivity contribution in [3.63, 3.8) is 0 Å². The van der Waals surface area contributed by atoms with Crippen LogP contribution < -0.4 is 10.1 Å². The molecule has 0 radical (unpaired) electrons. The zero-order chi connectivity index (χ0) is 16.8. The number of amides is 1. The Morgan fingerprint density at radius 2 is 1.78 bits per heavy atom. The fraction of sp³-hybridized carbons (Fsp3) is 0.316. The minimum Gasteiger partial charge on any atom is -0.479 e. The van der Waals surface area contributed by atoms with Gasteiger partial charge in [0.25, 0.3) is 5.91 Å². The van der Waals surface area contributed by atoms with Crippen LogP contribution in [-0.2, 0) is 11.2 Å². The first-order valence-electron chi connectivity index (χ1n) is 7.81. The molecule has 23 heavy (non-hydrogen) atoms. The van der Waals surface area contributed by atoms with Crippen molar-refractivity contribution in [3.8, 4) is 5.75 Å². The summed E-state index contributed by atoms with van der Waals surface area (Å²) < 4.78 is 5.64. The van der Waals surface area contributed by atoms with Crippen molar-refractivity contribution in [2.75, 3.05) is 0 Å². The Balaban J connectivity index is 1.95. The molecule has 2 aromatic carbocycles. The van der Waals surface area contributed by atoms with E-state index in [9.17, 15) is 4.79 Å². The average Bonchev–Trinajstić information content (AvgIpc) is 2.56. The van der Waals surface area contributed by atoms with E-state index < -0.39 is 6.10 Å². The number of halogens is 1. The molecule has 0 aromatic heterocycles. The molecule has 4 heteroatoms. The van der Waals surface area contributed by atoms with Crippen LogP contribution >= 0.6 is 11.6 Å². The summed E-state index contributed by atoms with van der Waals surface area (Å²) in [5.74, 6) is 0.341. The van der Waals surface area contributed by atoms with E-state index >= 15 is 0 Å². The number of ether oxygens (including phenoxy) is 1.